The van der Waals surface area contributed by atoms with Gasteiger partial charge in [-0.25, -0.2) is 17.7 Å². The minimum absolute atomic E-state index is 0.000783. The number of fused-ring (bicyclic) bond motifs is 1. The smallest absolute Gasteiger partial charge is 0.497 e. The quantitative estimate of drug-likeness (QED) is 0.0835. The van der Waals surface area contributed by atoms with Crippen molar-refractivity contribution < 1.29 is 59.5 Å². The van der Waals surface area contributed by atoms with E-state index in [-0.39, 0.29) is 49.6 Å². The Hall–Kier alpha value is -4.90. The minimum atomic E-state index is -4.64. The normalized spacial score (nSPS) is 13.7. The van der Waals surface area contributed by atoms with Crippen molar-refractivity contribution in [3.05, 3.63) is 100 Å². The van der Waals surface area contributed by atoms with Crippen LogP contribution in [0.15, 0.2) is 54.6 Å². The molecule has 0 unspecified atom stereocenters. The predicted octanol–water partition coefficient (Wildman–Crippen LogP) is 5.36. The van der Waals surface area contributed by atoms with Crippen LogP contribution < -0.4 is 19.7 Å². The molecule has 0 aliphatic carbocycles. The lowest BCUT2D eigenvalue weighted by molar-refractivity contribution is -0.148. The van der Waals surface area contributed by atoms with E-state index in [0.717, 1.165) is 15.7 Å². The van der Waals surface area contributed by atoms with Gasteiger partial charge in [0.15, 0.2) is 17.5 Å². The van der Waals surface area contributed by atoms with Crippen LogP contribution in [-0.2, 0) is 35.0 Å². The molecule has 19 heteroatoms. The number of halogens is 6. The number of hydrogen-bond donors (Lipinski definition) is 3. The Bertz CT molecular complexity index is 1900. The molecule has 0 saturated carbocycles. The van der Waals surface area contributed by atoms with Gasteiger partial charge >= 0.3 is 14.0 Å². The Morgan fingerprint density at radius 2 is 1.51 bits per heavy atom. The summed E-state index contributed by atoms with van der Waals surface area (Å²) in [5, 5.41) is 6.60. The average molecular weight is 744 g/mol. The number of amides is 1. The van der Waals surface area contributed by atoms with E-state index in [9.17, 15) is 35.7 Å². The van der Waals surface area contributed by atoms with Crippen LogP contribution in [0.5, 0.6) is 17.2 Å². The van der Waals surface area contributed by atoms with Crippen LogP contribution in [0.2, 0.25) is 0 Å². The number of aromatic nitrogens is 3. The fourth-order valence-electron chi connectivity index (χ4n) is 4.90. The Morgan fingerprint density at radius 3 is 2.10 bits per heavy atom. The van der Waals surface area contributed by atoms with Crippen LogP contribution in [0.25, 0.3) is 12.2 Å². The highest BCUT2D eigenvalue weighted by Crippen LogP contribution is 2.37. The highest BCUT2D eigenvalue weighted by Gasteiger charge is 2.40. The third-order valence-electron chi connectivity index (χ3n) is 7.31. The third-order valence-corrected chi connectivity index (χ3v) is 7.76. The van der Waals surface area contributed by atoms with Crippen molar-refractivity contribution >= 4 is 25.9 Å². The molecule has 1 atom stereocenters. The number of alkyl halides is 3. The van der Waals surface area contributed by atoms with Crippen molar-refractivity contribution in [2.75, 3.05) is 20.8 Å². The van der Waals surface area contributed by atoms with Gasteiger partial charge in [0, 0.05) is 37.7 Å². The Balaban J connectivity index is 0.000000233. The van der Waals surface area contributed by atoms with Gasteiger partial charge in [-0.1, -0.05) is 24.3 Å². The number of methoxy groups -OCH3 is 2. The van der Waals surface area contributed by atoms with Crippen molar-refractivity contribution in [1.82, 2.24) is 19.7 Å². The number of nitrogens with zero attached hydrogens (tertiary/aromatic N) is 4. The van der Waals surface area contributed by atoms with Gasteiger partial charge in [0.2, 0.25) is 11.7 Å². The van der Waals surface area contributed by atoms with Gasteiger partial charge in [-0.05, 0) is 53.4 Å². The summed E-state index contributed by atoms with van der Waals surface area (Å²) < 4.78 is 105. The second-order valence-electron chi connectivity index (χ2n) is 11.1. The molecule has 3 aromatic carbocycles. The molecule has 4 aromatic rings. The summed E-state index contributed by atoms with van der Waals surface area (Å²) in [6.07, 6.45) is -1.37. The van der Waals surface area contributed by atoms with E-state index >= 15 is 0 Å². The molecular formula is C32H32F6N5O7P. The largest absolute Gasteiger partial charge is 0.524 e. The first-order valence-corrected chi connectivity index (χ1v) is 16.4. The van der Waals surface area contributed by atoms with Crippen LogP contribution >= 0.6 is 7.82 Å². The van der Waals surface area contributed by atoms with Crippen molar-refractivity contribution in [3.8, 4) is 17.2 Å². The number of hydrogen-bond acceptors (Lipinski definition) is 8. The summed E-state index contributed by atoms with van der Waals surface area (Å²) >= 11 is 0. The number of benzene rings is 3. The molecular weight excluding hydrogens is 711 g/mol. The number of rotatable bonds is 10. The number of phosphoric ester groups is 1. The molecule has 51 heavy (non-hydrogen) atoms. The van der Waals surface area contributed by atoms with Crippen LogP contribution in [0.4, 0.5) is 26.3 Å². The lowest BCUT2D eigenvalue weighted by atomic mass is 10.0. The molecule has 1 aliphatic heterocycles. The maximum Gasteiger partial charge on any atom is 0.524 e. The van der Waals surface area contributed by atoms with Crippen LogP contribution in [-0.4, -0.2) is 62.2 Å². The van der Waals surface area contributed by atoms with E-state index in [1.54, 1.807) is 32.4 Å². The molecule has 0 bridgehead atoms. The molecule has 274 valence electrons. The van der Waals surface area contributed by atoms with Crippen LogP contribution in [0, 0.1) is 17.5 Å². The van der Waals surface area contributed by atoms with Gasteiger partial charge in [-0.3, -0.25) is 14.6 Å². The first kappa shape index (κ1) is 38.9. The first-order valence-electron chi connectivity index (χ1n) is 14.9. The average Bonchev–Trinajstić information content (AvgIpc) is 3.51. The van der Waals surface area contributed by atoms with Crippen molar-refractivity contribution in [1.29, 1.82) is 0 Å². The number of carbonyl (C=O) groups excluding carboxylic acids is 1. The molecule has 4 N–H and O–H groups in total. The maximum absolute atomic E-state index is 13.7. The molecule has 1 aliphatic rings. The third kappa shape index (κ3) is 11.0. The summed E-state index contributed by atoms with van der Waals surface area (Å²) in [6.45, 7) is -0.302. The van der Waals surface area contributed by atoms with Crippen molar-refractivity contribution in [3.63, 3.8) is 0 Å². The van der Waals surface area contributed by atoms with E-state index in [0.29, 0.717) is 23.6 Å². The zero-order valence-corrected chi connectivity index (χ0v) is 27.9. The topological polar surface area (TPSA) is 162 Å². The fraction of sp³-hybridized carbons (Fsp3) is 0.281. The summed E-state index contributed by atoms with van der Waals surface area (Å²) in [6, 6.07) is 12.1. The molecule has 0 spiro atoms. The van der Waals surface area contributed by atoms with Gasteiger partial charge in [-0.15, -0.1) is 10.2 Å². The maximum atomic E-state index is 13.7. The van der Waals surface area contributed by atoms with Gasteiger partial charge in [0.1, 0.15) is 23.1 Å². The molecule has 0 fully saturated rings. The number of ether oxygens (including phenoxy) is 2. The molecule has 5 rings (SSSR count). The zero-order valence-electron chi connectivity index (χ0n) is 27.0. The van der Waals surface area contributed by atoms with E-state index in [1.807, 2.05) is 24.3 Å². The summed E-state index contributed by atoms with van der Waals surface area (Å²) in [4.78, 5) is 31.1. The molecule has 1 amide bonds. The molecule has 0 radical (unpaired) electrons. The first-order chi connectivity index (χ1) is 23.9. The summed E-state index contributed by atoms with van der Waals surface area (Å²) in [5.41, 5.74) is 7.39. The monoisotopic (exact) mass is 743 g/mol. The van der Waals surface area contributed by atoms with E-state index < -0.39 is 49.2 Å². The van der Waals surface area contributed by atoms with Crippen LogP contribution in [0.3, 0.4) is 0 Å². The summed E-state index contributed by atoms with van der Waals surface area (Å²) in [7, 11) is -1.36. The lowest BCUT2D eigenvalue weighted by Gasteiger charge is -2.29. The zero-order chi connectivity index (χ0) is 37.5. The SMILES string of the molecule is COc1cc(/C=C/c2ccc(OP(=O)(O)O)cc2)cc(OC)c1.N[C@@H](CC(=O)N1CCn2c(nnc2C(F)(F)F)C1)Cc1cc(F)c(F)cc1F. The fourth-order valence-corrected chi connectivity index (χ4v) is 5.30. The van der Waals surface area contributed by atoms with Crippen LogP contribution in [0.1, 0.15) is 34.8 Å². The molecule has 1 aromatic heterocycles. The Labute approximate surface area is 287 Å². The second kappa shape index (κ2) is 16.4. The van der Waals surface area contributed by atoms with Gasteiger partial charge < -0.3 is 29.2 Å². The minimum Gasteiger partial charge on any atom is -0.497 e. The standard InChI is InChI=1S/C16H15F6N5O.C16H17O6P/c17-10-6-12(19)11(18)4-8(10)3-9(23)5-14(28)26-1-2-27-13(7-26)24-25-15(27)16(20,21)22;1-20-15-9-13(10-16(11-15)21-2)4-3-12-5-7-14(8-6-12)22-23(17,18)19/h4,6,9H,1-3,5,7,23H2;3-11H,1-2H3,(H2,17,18,19)/b;4-3+/t9-;/m1./s1. The highest BCUT2D eigenvalue weighted by atomic mass is 31.2. The predicted molar refractivity (Wildman–Crippen MR) is 171 cm³/mol. The Kier molecular flexibility index (Phi) is 12.5. The highest BCUT2D eigenvalue weighted by molar-refractivity contribution is 7.46. The lowest BCUT2D eigenvalue weighted by Crippen LogP contribution is -2.42. The Morgan fingerprint density at radius 1 is 0.902 bits per heavy atom. The molecule has 2 heterocycles. The van der Waals surface area contributed by atoms with Gasteiger partial charge in [0.05, 0.1) is 20.8 Å². The van der Waals surface area contributed by atoms with Crippen molar-refractivity contribution in [2.45, 2.75) is 38.1 Å². The van der Waals surface area contributed by atoms with E-state index in [4.69, 9.17) is 25.0 Å². The van der Waals surface area contributed by atoms with Gasteiger partial charge in [-0.2, -0.15) is 13.2 Å². The van der Waals surface area contributed by atoms with Crippen molar-refractivity contribution in [2.24, 2.45) is 5.73 Å². The second-order valence-corrected chi connectivity index (χ2v) is 12.2. The summed E-state index contributed by atoms with van der Waals surface area (Å²) in [5.74, 6) is -3.66. The molecule has 12 nitrogen and oxygen atoms in total. The van der Waals surface area contributed by atoms with Gasteiger partial charge in [0.25, 0.3) is 0 Å². The number of phosphoric acid groups is 1. The van der Waals surface area contributed by atoms with E-state index in [1.165, 1.54) is 17.0 Å². The number of nitrogens with two attached hydrogens (primary N) is 1. The van der Waals surface area contributed by atoms with E-state index in [2.05, 4.69) is 14.7 Å². The number of carbonyl (C=O) groups is 1. The molecule has 0 saturated heterocycles.